The third-order valence-corrected chi connectivity index (χ3v) is 3.20. The lowest BCUT2D eigenvalue weighted by atomic mass is 10.0. The van der Waals surface area contributed by atoms with Crippen LogP contribution in [0.25, 0.3) is 0 Å². The SMILES string of the molecule is CN(C)CC(=O)N1CCNCC1c1ccccc1. The molecule has 1 N–H and O–H groups in total. The number of benzene rings is 1. The van der Waals surface area contributed by atoms with Crippen LogP contribution in [0.5, 0.6) is 0 Å². The van der Waals surface area contributed by atoms with Crippen LogP contribution >= 0.6 is 0 Å². The summed E-state index contributed by atoms with van der Waals surface area (Å²) in [6.07, 6.45) is 0. The van der Waals surface area contributed by atoms with Gasteiger partial charge in [-0.3, -0.25) is 4.79 Å². The Morgan fingerprint density at radius 2 is 2.11 bits per heavy atom. The van der Waals surface area contributed by atoms with Gasteiger partial charge in [0.1, 0.15) is 0 Å². The molecule has 1 aromatic carbocycles. The van der Waals surface area contributed by atoms with Gasteiger partial charge in [0.25, 0.3) is 0 Å². The first kappa shape index (κ1) is 13.1. The highest BCUT2D eigenvalue weighted by molar-refractivity contribution is 5.79. The van der Waals surface area contributed by atoms with E-state index in [9.17, 15) is 4.79 Å². The second kappa shape index (κ2) is 5.98. The summed E-state index contributed by atoms with van der Waals surface area (Å²) < 4.78 is 0. The number of nitrogens with zero attached hydrogens (tertiary/aromatic N) is 2. The van der Waals surface area contributed by atoms with E-state index in [2.05, 4.69) is 17.4 Å². The number of carbonyl (C=O) groups is 1. The van der Waals surface area contributed by atoms with Crippen LogP contribution in [0.4, 0.5) is 0 Å². The summed E-state index contributed by atoms with van der Waals surface area (Å²) in [5, 5.41) is 3.36. The molecule has 0 aliphatic carbocycles. The van der Waals surface area contributed by atoms with Crippen molar-refractivity contribution in [2.24, 2.45) is 0 Å². The Hall–Kier alpha value is -1.39. The van der Waals surface area contributed by atoms with Gasteiger partial charge in [0.15, 0.2) is 0 Å². The monoisotopic (exact) mass is 247 g/mol. The summed E-state index contributed by atoms with van der Waals surface area (Å²) in [5.41, 5.74) is 1.21. The molecule has 0 bridgehead atoms. The molecule has 4 nitrogen and oxygen atoms in total. The van der Waals surface area contributed by atoms with Gasteiger partial charge >= 0.3 is 0 Å². The van der Waals surface area contributed by atoms with Crippen molar-refractivity contribution in [3.05, 3.63) is 35.9 Å². The highest BCUT2D eigenvalue weighted by atomic mass is 16.2. The van der Waals surface area contributed by atoms with Gasteiger partial charge in [0, 0.05) is 19.6 Å². The largest absolute Gasteiger partial charge is 0.332 e. The number of amides is 1. The van der Waals surface area contributed by atoms with Crippen molar-refractivity contribution in [1.29, 1.82) is 0 Å². The highest BCUT2D eigenvalue weighted by Gasteiger charge is 2.27. The van der Waals surface area contributed by atoms with Crippen LogP contribution in [0.3, 0.4) is 0 Å². The van der Waals surface area contributed by atoms with E-state index in [4.69, 9.17) is 0 Å². The molecule has 1 aromatic rings. The molecule has 0 radical (unpaired) electrons. The van der Waals surface area contributed by atoms with Crippen LogP contribution in [0.15, 0.2) is 30.3 Å². The number of carbonyl (C=O) groups excluding carboxylic acids is 1. The fraction of sp³-hybridized carbons (Fsp3) is 0.500. The van der Waals surface area contributed by atoms with E-state index in [1.807, 2.05) is 42.1 Å². The van der Waals surface area contributed by atoms with Crippen molar-refractivity contribution >= 4 is 5.91 Å². The van der Waals surface area contributed by atoms with Gasteiger partial charge in [-0.2, -0.15) is 0 Å². The van der Waals surface area contributed by atoms with E-state index < -0.39 is 0 Å². The predicted octanol–water partition coefficient (Wildman–Crippen LogP) is 0.721. The first-order valence-electron chi connectivity index (χ1n) is 6.38. The Morgan fingerprint density at radius 3 is 2.78 bits per heavy atom. The number of hydrogen-bond donors (Lipinski definition) is 1. The van der Waals surface area contributed by atoms with Crippen LogP contribution in [0, 0.1) is 0 Å². The third-order valence-electron chi connectivity index (χ3n) is 3.20. The van der Waals surface area contributed by atoms with E-state index in [0.717, 1.165) is 19.6 Å². The van der Waals surface area contributed by atoms with Gasteiger partial charge in [0.2, 0.25) is 5.91 Å². The lowest BCUT2D eigenvalue weighted by Gasteiger charge is -2.37. The van der Waals surface area contributed by atoms with Crippen molar-refractivity contribution in [2.75, 3.05) is 40.3 Å². The van der Waals surface area contributed by atoms with Crippen LogP contribution in [-0.2, 0) is 4.79 Å². The standard InChI is InChI=1S/C14H21N3O/c1-16(2)11-14(18)17-9-8-15-10-13(17)12-6-4-3-5-7-12/h3-7,13,15H,8-11H2,1-2H3. The third kappa shape index (κ3) is 3.09. The molecule has 1 amide bonds. The Kier molecular flexibility index (Phi) is 4.33. The zero-order chi connectivity index (χ0) is 13.0. The van der Waals surface area contributed by atoms with E-state index in [1.165, 1.54) is 5.56 Å². The molecule has 4 heteroatoms. The summed E-state index contributed by atoms with van der Waals surface area (Å²) in [6, 6.07) is 10.4. The summed E-state index contributed by atoms with van der Waals surface area (Å²) in [5.74, 6) is 0.204. The van der Waals surface area contributed by atoms with Crippen molar-refractivity contribution in [3.8, 4) is 0 Å². The molecule has 2 rings (SSSR count). The molecular weight excluding hydrogens is 226 g/mol. The van der Waals surface area contributed by atoms with Gasteiger partial charge in [-0.05, 0) is 19.7 Å². The lowest BCUT2D eigenvalue weighted by Crippen LogP contribution is -2.50. The Morgan fingerprint density at radius 1 is 1.39 bits per heavy atom. The molecule has 98 valence electrons. The van der Waals surface area contributed by atoms with Crippen LogP contribution in [-0.4, -0.2) is 56.0 Å². The minimum Gasteiger partial charge on any atom is -0.332 e. The summed E-state index contributed by atoms with van der Waals surface area (Å²) in [7, 11) is 3.86. The van der Waals surface area contributed by atoms with E-state index in [1.54, 1.807) is 0 Å². The van der Waals surface area contributed by atoms with Crippen molar-refractivity contribution in [2.45, 2.75) is 6.04 Å². The molecule has 1 fully saturated rings. The fourth-order valence-electron chi connectivity index (χ4n) is 2.34. The van der Waals surface area contributed by atoms with Crippen molar-refractivity contribution in [3.63, 3.8) is 0 Å². The second-order valence-corrected chi connectivity index (χ2v) is 4.96. The Bertz CT molecular complexity index is 391. The molecule has 1 saturated heterocycles. The highest BCUT2D eigenvalue weighted by Crippen LogP contribution is 2.21. The molecule has 0 spiro atoms. The minimum absolute atomic E-state index is 0.160. The Balaban J connectivity index is 2.13. The number of piperazine rings is 1. The van der Waals surface area contributed by atoms with Crippen molar-refractivity contribution < 1.29 is 4.79 Å². The molecule has 1 aliphatic rings. The molecule has 1 unspecified atom stereocenters. The first-order valence-corrected chi connectivity index (χ1v) is 6.38. The zero-order valence-corrected chi connectivity index (χ0v) is 11.1. The van der Waals surface area contributed by atoms with Gasteiger partial charge in [-0.25, -0.2) is 0 Å². The average Bonchev–Trinajstić information content (AvgIpc) is 2.39. The summed E-state index contributed by atoms with van der Waals surface area (Å²) in [6.45, 7) is 2.97. The first-order chi connectivity index (χ1) is 8.68. The zero-order valence-electron chi connectivity index (χ0n) is 11.1. The molecular formula is C14H21N3O. The second-order valence-electron chi connectivity index (χ2n) is 4.96. The van der Waals surface area contributed by atoms with E-state index in [0.29, 0.717) is 6.54 Å². The Labute approximate surface area is 109 Å². The van der Waals surface area contributed by atoms with Gasteiger partial charge < -0.3 is 15.1 Å². The van der Waals surface area contributed by atoms with Crippen LogP contribution in [0.2, 0.25) is 0 Å². The van der Waals surface area contributed by atoms with Crippen LogP contribution in [0.1, 0.15) is 11.6 Å². The quantitative estimate of drug-likeness (QED) is 0.855. The molecule has 0 aromatic heterocycles. The number of nitrogens with one attached hydrogen (secondary N) is 1. The smallest absolute Gasteiger partial charge is 0.237 e. The van der Waals surface area contributed by atoms with Gasteiger partial charge in [0.05, 0.1) is 12.6 Å². The van der Waals surface area contributed by atoms with Crippen molar-refractivity contribution in [1.82, 2.24) is 15.1 Å². The topological polar surface area (TPSA) is 35.6 Å². The van der Waals surface area contributed by atoms with Crippen LogP contribution < -0.4 is 5.32 Å². The maximum absolute atomic E-state index is 12.2. The number of rotatable bonds is 3. The molecule has 18 heavy (non-hydrogen) atoms. The van der Waals surface area contributed by atoms with E-state index >= 15 is 0 Å². The number of hydrogen-bond acceptors (Lipinski definition) is 3. The number of likely N-dealkylation sites (N-methyl/N-ethyl adjacent to an activating group) is 1. The lowest BCUT2D eigenvalue weighted by molar-refractivity contribution is -0.135. The van der Waals surface area contributed by atoms with Gasteiger partial charge in [-0.15, -0.1) is 0 Å². The fourth-order valence-corrected chi connectivity index (χ4v) is 2.34. The van der Waals surface area contributed by atoms with Gasteiger partial charge in [-0.1, -0.05) is 30.3 Å². The predicted molar refractivity (Wildman–Crippen MR) is 72.3 cm³/mol. The summed E-state index contributed by atoms with van der Waals surface area (Å²) >= 11 is 0. The normalized spacial score (nSPS) is 20.2. The molecule has 0 saturated carbocycles. The minimum atomic E-state index is 0.160. The molecule has 1 atom stereocenters. The molecule has 1 heterocycles. The van der Waals surface area contributed by atoms with E-state index in [-0.39, 0.29) is 11.9 Å². The maximum Gasteiger partial charge on any atom is 0.237 e. The maximum atomic E-state index is 12.2. The summed E-state index contributed by atoms with van der Waals surface area (Å²) in [4.78, 5) is 16.2. The molecule has 1 aliphatic heterocycles. The average molecular weight is 247 g/mol.